The molecule has 2 rings (SSSR count). The van der Waals surface area contributed by atoms with Gasteiger partial charge in [0.15, 0.2) is 5.13 Å². The van der Waals surface area contributed by atoms with Crippen LogP contribution in [0.3, 0.4) is 0 Å². The van der Waals surface area contributed by atoms with E-state index in [1.165, 1.54) is 0 Å². The number of thiazole rings is 1. The summed E-state index contributed by atoms with van der Waals surface area (Å²) in [5, 5.41) is 6.67. The lowest BCUT2D eigenvalue weighted by Crippen LogP contribution is -2.45. The van der Waals surface area contributed by atoms with Crippen molar-refractivity contribution in [1.29, 1.82) is 0 Å². The number of hydrogen-bond donors (Lipinski definition) is 1. The van der Waals surface area contributed by atoms with Crippen LogP contribution in [-0.2, 0) is 11.3 Å². The average Bonchev–Trinajstić information content (AvgIpc) is 2.73. The molecule has 5 heteroatoms. The molecule has 4 nitrogen and oxygen atoms in total. The Balaban J connectivity index is 1.96. The van der Waals surface area contributed by atoms with E-state index in [0.717, 1.165) is 30.5 Å². The molecule has 0 bridgehead atoms. The van der Waals surface area contributed by atoms with Crippen molar-refractivity contribution in [3.63, 3.8) is 0 Å². The molecular weight excluding hydrogens is 246 g/mol. The molecule has 1 saturated heterocycles. The van der Waals surface area contributed by atoms with Crippen molar-refractivity contribution in [1.82, 2.24) is 10.3 Å². The molecular formula is C13H23N3OS. The molecule has 0 radical (unpaired) electrons. The highest BCUT2D eigenvalue weighted by atomic mass is 32.1. The molecule has 1 aromatic rings. The van der Waals surface area contributed by atoms with E-state index < -0.39 is 0 Å². The number of hydrogen-bond acceptors (Lipinski definition) is 5. The lowest BCUT2D eigenvalue weighted by Gasteiger charge is -2.35. The summed E-state index contributed by atoms with van der Waals surface area (Å²) in [4.78, 5) is 7.04. The minimum absolute atomic E-state index is 0.287. The average molecular weight is 269 g/mol. The predicted molar refractivity (Wildman–Crippen MR) is 76.3 cm³/mol. The standard InChI is InChI=1S/C13H23N3OS/c1-9(2)14-5-12-8-18-13(15-12)16-6-10(3)17-11(4)7-16/h8-11,14H,5-7H2,1-4H3/t10-,11+. The zero-order valence-electron chi connectivity index (χ0n) is 11.6. The Hall–Kier alpha value is -0.650. The Kier molecular flexibility index (Phi) is 4.59. The zero-order chi connectivity index (χ0) is 13.1. The summed E-state index contributed by atoms with van der Waals surface area (Å²) in [6.07, 6.45) is 0.574. The molecule has 0 saturated carbocycles. The molecule has 1 aromatic heterocycles. The Morgan fingerprint density at radius 1 is 1.44 bits per heavy atom. The molecule has 18 heavy (non-hydrogen) atoms. The number of nitrogens with zero attached hydrogens (tertiary/aromatic N) is 2. The van der Waals surface area contributed by atoms with Crippen LogP contribution in [0.15, 0.2) is 5.38 Å². The van der Waals surface area contributed by atoms with Gasteiger partial charge in [-0.25, -0.2) is 4.98 Å². The summed E-state index contributed by atoms with van der Waals surface area (Å²) < 4.78 is 5.75. The first-order valence-electron chi connectivity index (χ1n) is 6.62. The predicted octanol–water partition coefficient (Wildman–Crippen LogP) is 2.25. The van der Waals surface area contributed by atoms with Crippen molar-refractivity contribution < 1.29 is 4.74 Å². The van der Waals surface area contributed by atoms with E-state index in [1.807, 2.05) is 0 Å². The third kappa shape index (κ3) is 3.67. The van der Waals surface area contributed by atoms with Crippen LogP contribution in [0, 0.1) is 0 Å². The number of aromatic nitrogens is 1. The molecule has 102 valence electrons. The van der Waals surface area contributed by atoms with Gasteiger partial charge in [0.2, 0.25) is 0 Å². The van der Waals surface area contributed by atoms with E-state index in [2.05, 4.69) is 43.3 Å². The van der Waals surface area contributed by atoms with Crippen molar-refractivity contribution in [2.24, 2.45) is 0 Å². The topological polar surface area (TPSA) is 37.4 Å². The van der Waals surface area contributed by atoms with Crippen LogP contribution in [0.25, 0.3) is 0 Å². The molecule has 0 amide bonds. The molecule has 0 unspecified atom stereocenters. The fourth-order valence-electron chi connectivity index (χ4n) is 2.17. The van der Waals surface area contributed by atoms with Crippen LogP contribution >= 0.6 is 11.3 Å². The van der Waals surface area contributed by atoms with Gasteiger partial charge in [0, 0.05) is 31.1 Å². The minimum Gasteiger partial charge on any atom is -0.372 e. The first-order valence-corrected chi connectivity index (χ1v) is 7.50. The fourth-order valence-corrected chi connectivity index (χ4v) is 3.01. The first kappa shape index (κ1) is 13.8. The van der Waals surface area contributed by atoms with Gasteiger partial charge < -0.3 is 15.0 Å². The SMILES string of the molecule is CC(C)NCc1csc(N2C[C@@H](C)O[C@@H](C)C2)n1. The Morgan fingerprint density at radius 3 is 2.72 bits per heavy atom. The Bertz CT molecular complexity index is 370. The molecule has 2 heterocycles. The second-order valence-electron chi connectivity index (χ2n) is 5.32. The molecule has 1 N–H and O–H groups in total. The van der Waals surface area contributed by atoms with Crippen LogP contribution in [0.4, 0.5) is 5.13 Å². The zero-order valence-corrected chi connectivity index (χ0v) is 12.5. The monoisotopic (exact) mass is 269 g/mol. The maximum absolute atomic E-state index is 5.75. The third-order valence-electron chi connectivity index (χ3n) is 2.92. The number of nitrogens with one attached hydrogen (secondary N) is 1. The van der Waals surface area contributed by atoms with Gasteiger partial charge in [-0.15, -0.1) is 11.3 Å². The highest BCUT2D eigenvalue weighted by Gasteiger charge is 2.24. The largest absolute Gasteiger partial charge is 0.372 e. The molecule has 2 atom stereocenters. The molecule has 1 aliphatic rings. The highest BCUT2D eigenvalue weighted by Crippen LogP contribution is 2.24. The second-order valence-corrected chi connectivity index (χ2v) is 6.16. The molecule has 0 aromatic carbocycles. The summed E-state index contributed by atoms with van der Waals surface area (Å²) in [5.41, 5.74) is 1.13. The second kappa shape index (κ2) is 5.99. The maximum Gasteiger partial charge on any atom is 0.185 e. The number of ether oxygens (including phenoxy) is 1. The number of rotatable bonds is 4. The van der Waals surface area contributed by atoms with Crippen LogP contribution in [0.5, 0.6) is 0 Å². The van der Waals surface area contributed by atoms with Gasteiger partial charge in [0.1, 0.15) is 0 Å². The smallest absolute Gasteiger partial charge is 0.185 e. The summed E-state index contributed by atoms with van der Waals surface area (Å²) in [6, 6.07) is 0.499. The summed E-state index contributed by atoms with van der Waals surface area (Å²) in [7, 11) is 0. The Morgan fingerprint density at radius 2 is 2.11 bits per heavy atom. The number of anilines is 1. The first-order chi connectivity index (χ1) is 8.54. The van der Waals surface area contributed by atoms with Gasteiger partial charge in [0.05, 0.1) is 17.9 Å². The summed E-state index contributed by atoms with van der Waals surface area (Å²) >= 11 is 1.73. The lowest BCUT2D eigenvalue weighted by molar-refractivity contribution is -0.00523. The quantitative estimate of drug-likeness (QED) is 0.910. The fraction of sp³-hybridized carbons (Fsp3) is 0.769. The van der Waals surface area contributed by atoms with Crippen LogP contribution in [0.1, 0.15) is 33.4 Å². The molecule has 0 spiro atoms. The maximum atomic E-state index is 5.75. The van der Waals surface area contributed by atoms with E-state index in [1.54, 1.807) is 11.3 Å². The van der Waals surface area contributed by atoms with E-state index in [4.69, 9.17) is 9.72 Å². The third-order valence-corrected chi connectivity index (χ3v) is 3.87. The van der Waals surface area contributed by atoms with E-state index in [0.29, 0.717) is 6.04 Å². The van der Waals surface area contributed by atoms with Gasteiger partial charge in [-0.1, -0.05) is 13.8 Å². The highest BCUT2D eigenvalue weighted by molar-refractivity contribution is 7.13. The Labute approximate surface area is 113 Å². The van der Waals surface area contributed by atoms with Crippen LogP contribution < -0.4 is 10.2 Å². The van der Waals surface area contributed by atoms with Crippen molar-refractivity contribution >= 4 is 16.5 Å². The van der Waals surface area contributed by atoms with Crippen molar-refractivity contribution in [3.05, 3.63) is 11.1 Å². The minimum atomic E-state index is 0.287. The summed E-state index contributed by atoms with van der Waals surface area (Å²) in [5.74, 6) is 0. The van der Waals surface area contributed by atoms with Gasteiger partial charge in [-0.2, -0.15) is 0 Å². The van der Waals surface area contributed by atoms with Crippen LogP contribution in [0.2, 0.25) is 0 Å². The van der Waals surface area contributed by atoms with Gasteiger partial charge in [0.25, 0.3) is 0 Å². The number of morpholine rings is 1. The van der Waals surface area contributed by atoms with Gasteiger partial charge in [-0.05, 0) is 13.8 Å². The normalized spacial score (nSPS) is 24.8. The van der Waals surface area contributed by atoms with Crippen molar-refractivity contribution in [2.75, 3.05) is 18.0 Å². The van der Waals surface area contributed by atoms with Crippen molar-refractivity contribution in [3.8, 4) is 0 Å². The molecule has 1 fully saturated rings. The molecule has 0 aliphatic carbocycles. The summed E-state index contributed by atoms with van der Waals surface area (Å²) in [6.45, 7) is 11.3. The van der Waals surface area contributed by atoms with E-state index in [9.17, 15) is 0 Å². The van der Waals surface area contributed by atoms with E-state index >= 15 is 0 Å². The van der Waals surface area contributed by atoms with Gasteiger partial charge >= 0.3 is 0 Å². The van der Waals surface area contributed by atoms with Crippen molar-refractivity contribution in [2.45, 2.75) is 52.5 Å². The van der Waals surface area contributed by atoms with E-state index in [-0.39, 0.29) is 12.2 Å². The lowest BCUT2D eigenvalue weighted by atomic mass is 10.2. The van der Waals surface area contributed by atoms with Crippen LogP contribution in [-0.4, -0.2) is 36.3 Å². The molecule has 1 aliphatic heterocycles. The van der Waals surface area contributed by atoms with Gasteiger partial charge in [-0.3, -0.25) is 0 Å².